The number of hydrogen-bond donors (Lipinski definition) is 0. The Morgan fingerprint density at radius 3 is 2.81 bits per heavy atom. The maximum Gasteiger partial charge on any atom is 0.223 e. The maximum absolute atomic E-state index is 13.8. The van der Waals surface area contributed by atoms with Gasteiger partial charge < -0.3 is 4.74 Å². The van der Waals surface area contributed by atoms with Crippen molar-refractivity contribution in [1.82, 2.24) is 9.97 Å². The highest BCUT2D eigenvalue weighted by molar-refractivity contribution is 6.29. The fourth-order valence-corrected chi connectivity index (χ4v) is 2.11. The summed E-state index contributed by atoms with van der Waals surface area (Å²) in [5.41, 5.74) is 0.804. The van der Waals surface area contributed by atoms with Gasteiger partial charge in [0.25, 0.3) is 0 Å². The Labute approximate surface area is 129 Å². The molecular formula is C16H18ClFN2O. The molecule has 0 aliphatic rings. The third kappa shape index (κ3) is 4.67. The van der Waals surface area contributed by atoms with E-state index in [0.717, 1.165) is 12.8 Å². The Morgan fingerprint density at radius 2 is 2.05 bits per heavy atom. The molecule has 0 atom stereocenters. The second-order valence-electron chi connectivity index (χ2n) is 4.76. The highest BCUT2D eigenvalue weighted by Crippen LogP contribution is 2.24. The molecule has 0 aliphatic heterocycles. The van der Waals surface area contributed by atoms with Crippen LogP contribution in [0.1, 0.15) is 32.6 Å². The van der Waals surface area contributed by atoms with E-state index in [-0.39, 0.29) is 5.15 Å². The van der Waals surface area contributed by atoms with Crippen molar-refractivity contribution in [2.45, 2.75) is 32.6 Å². The molecule has 2 aromatic rings. The number of unbranched alkanes of at least 4 members (excludes halogenated alkanes) is 3. The summed E-state index contributed by atoms with van der Waals surface area (Å²) in [7, 11) is 0. The highest BCUT2D eigenvalue weighted by atomic mass is 35.5. The molecule has 0 aromatic carbocycles. The second-order valence-corrected chi connectivity index (χ2v) is 5.15. The topological polar surface area (TPSA) is 35.0 Å². The predicted molar refractivity (Wildman–Crippen MR) is 82.1 cm³/mol. The van der Waals surface area contributed by atoms with Crippen molar-refractivity contribution in [3.63, 3.8) is 0 Å². The van der Waals surface area contributed by atoms with E-state index in [1.165, 1.54) is 12.8 Å². The second kappa shape index (κ2) is 7.93. The molecular weight excluding hydrogens is 291 g/mol. The average molecular weight is 309 g/mol. The third-order valence-corrected chi connectivity index (χ3v) is 3.30. The molecule has 0 saturated heterocycles. The number of ether oxygens (including phenoxy) is 1. The lowest BCUT2D eigenvalue weighted by atomic mass is 10.2. The normalized spacial score (nSPS) is 10.6. The van der Waals surface area contributed by atoms with E-state index in [4.69, 9.17) is 16.3 Å². The zero-order valence-electron chi connectivity index (χ0n) is 12.0. The fraction of sp³-hybridized carbons (Fsp3) is 0.375. The molecule has 0 saturated carbocycles. The lowest BCUT2D eigenvalue weighted by molar-refractivity contribution is 0.305. The number of nitrogens with zero attached hydrogens (tertiary/aromatic N) is 2. The van der Waals surface area contributed by atoms with Crippen LogP contribution in [-0.4, -0.2) is 16.6 Å². The molecule has 0 fully saturated rings. The van der Waals surface area contributed by atoms with Gasteiger partial charge in [-0.3, -0.25) is 4.98 Å². The smallest absolute Gasteiger partial charge is 0.223 e. The van der Waals surface area contributed by atoms with Crippen LogP contribution in [0.5, 0.6) is 5.75 Å². The first-order valence-electron chi connectivity index (χ1n) is 7.12. The van der Waals surface area contributed by atoms with Gasteiger partial charge >= 0.3 is 0 Å². The first kappa shape index (κ1) is 15.7. The summed E-state index contributed by atoms with van der Waals surface area (Å²) in [6.45, 7) is 2.83. The van der Waals surface area contributed by atoms with E-state index in [1.54, 1.807) is 30.5 Å². The molecule has 5 heteroatoms. The first-order valence-corrected chi connectivity index (χ1v) is 7.49. The molecule has 2 aromatic heterocycles. The summed E-state index contributed by atoms with van der Waals surface area (Å²) in [5, 5.41) is 0.125. The Hall–Kier alpha value is -1.68. The van der Waals surface area contributed by atoms with Gasteiger partial charge in [-0.05, 0) is 24.6 Å². The van der Waals surface area contributed by atoms with E-state index in [2.05, 4.69) is 16.9 Å². The third-order valence-electron chi connectivity index (χ3n) is 3.09. The van der Waals surface area contributed by atoms with Crippen LogP contribution in [0.3, 0.4) is 0 Å². The number of aromatic nitrogens is 2. The molecule has 0 radical (unpaired) electrons. The minimum absolute atomic E-state index is 0.125. The van der Waals surface area contributed by atoms with Crippen molar-refractivity contribution in [2.75, 3.05) is 6.61 Å². The van der Waals surface area contributed by atoms with Gasteiger partial charge in [-0.25, -0.2) is 4.98 Å². The monoisotopic (exact) mass is 308 g/mol. The summed E-state index contributed by atoms with van der Waals surface area (Å²) in [6, 6.07) is 6.59. The minimum atomic E-state index is -0.630. The summed E-state index contributed by atoms with van der Waals surface area (Å²) in [5.74, 6) is 0.0564. The molecule has 21 heavy (non-hydrogen) atoms. The number of hydrogen-bond acceptors (Lipinski definition) is 3. The van der Waals surface area contributed by atoms with Crippen LogP contribution in [0.2, 0.25) is 5.15 Å². The molecule has 0 unspecified atom stereocenters. The van der Waals surface area contributed by atoms with Crippen molar-refractivity contribution < 1.29 is 9.13 Å². The summed E-state index contributed by atoms with van der Waals surface area (Å²) < 4.78 is 19.5. The Balaban J connectivity index is 2.03. The summed E-state index contributed by atoms with van der Waals surface area (Å²) >= 11 is 5.65. The molecule has 2 rings (SSSR count). The van der Waals surface area contributed by atoms with Crippen molar-refractivity contribution in [3.05, 3.63) is 41.6 Å². The van der Waals surface area contributed by atoms with Gasteiger partial charge in [-0.15, -0.1) is 0 Å². The van der Waals surface area contributed by atoms with E-state index in [1.807, 2.05) is 0 Å². The Bertz CT molecular complexity index is 592. The Morgan fingerprint density at radius 1 is 1.19 bits per heavy atom. The zero-order valence-corrected chi connectivity index (χ0v) is 12.7. The van der Waals surface area contributed by atoms with Crippen LogP contribution in [0.25, 0.3) is 11.3 Å². The lowest BCUT2D eigenvalue weighted by Gasteiger charge is -2.08. The first-order chi connectivity index (χ1) is 10.2. The number of pyridine rings is 2. The van der Waals surface area contributed by atoms with E-state index < -0.39 is 5.95 Å². The average Bonchev–Trinajstić information content (AvgIpc) is 2.47. The van der Waals surface area contributed by atoms with E-state index in [0.29, 0.717) is 23.6 Å². The minimum Gasteiger partial charge on any atom is -0.493 e. The van der Waals surface area contributed by atoms with Gasteiger partial charge in [0, 0.05) is 12.3 Å². The van der Waals surface area contributed by atoms with Crippen LogP contribution in [-0.2, 0) is 0 Å². The van der Waals surface area contributed by atoms with Crippen LogP contribution >= 0.6 is 11.6 Å². The zero-order chi connectivity index (χ0) is 15.1. The molecule has 3 nitrogen and oxygen atoms in total. The van der Waals surface area contributed by atoms with Gasteiger partial charge in [-0.1, -0.05) is 37.8 Å². The van der Waals surface area contributed by atoms with Crippen LogP contribution < -0.4 is 4.74 Å². The summed E-state index contributed by atoms with van der Waals surface area (Å²) in [4.78, 5) is 7.75. The molecule has 112 valence electrons. The van der Waals surface area contributed by atoms with Crippen LogP contribution in [0, 0.1) is 5.95 Å². The molecule has 0 N–H and O–H groups in total. The largest absolute Gasteiger partial charge is 0.493 e. The van der Waals surface area contributed by atoms with Crippen LogP contribution in [0.15, 0.2) is 30.5 Å². The van der Waals surface area contributed by atoms with Crippen molar-refractivity contribution in [2.24, 2.45) is 0 Å². The van der Waals surface area contributed by atoms with Crippen molar-refractivity contribution >= 4 is 11.6 Å². The molecule has 0 amide bonds. The maximum atomic E-state index is 13.8. The SMILES string of the molecule is CCCCCCOc1ccnc(-c2ccc(Cl)nc2F)c1. The van der Waals surface area contributed by atoms with Crippen LogP contribution in [0.4, 0.5) is 4.39 Å². The van der Waals surface area contributed by atoms with E-state index in [9.17, 15) is 4.39 Å². The number of rotatable bonds is 7. The quantitative estimate of drug-likeness (QED) is 0.539. The van der Waals surface area contributed by atoms with Gasteiger partial charge in [-0.2, -0.15) is 4.39 Å². The fourth-order valence-electron chi connectivity index (χ4n) is 1.97. The number of halogens is 2. The molecule has 0 spiro atoms. The van der Waals surface area contributed by atoms with E-state index >= 15 is 0 Å². The van der Waals surface area contributed by atoms with Gasteiger partial charge in [0.1, 0.15) is 10.9 Å². The molecule has 0 aliphatic carbocycles. The van der Waals surface area contributed by atoms with Gasteiger partial charge in [0.2, 0.25) is 5.95 Å². The van der Waals surface area contributed by atoms with Crippen molar-refractivity contribution in [3.8, 4) is 17.0 Å². The molecule has 0 bridgehead atoms. The highest BCUT2D eigenvalue weighted by Gasteiger charge is 2.09. The standard InChI is InChI=1S/C16H18ClFN2O/c1-2-3-4-5-10-21-12-8-9-19-14(11-12)13-6-7-15(17)20-16(13)18/h6-9,11H,2-5,10H2,1H3. The van der Waals surface area contributed by atoms with Gasteiger partial charge in [0.15, 0.2) is 0 Å². The van der Waals surface area contributed by atoms with Gasteiger partial charge in [0.05, 0.1) is 17.9 Å². The Kier molecular flexibility index (Phi) is 5.93. The molecule has 2 heterocycles. The van der Waals surface area contributed by atoms with Crippen molar-refractivity contribution in [1.29, 1.82) is 0 Å². The lowest BCUT2D eigenvalue weighted by Crippen LogP contribution is -1.98. The summed E-state index contributed by atoms with van der Waals surface area (Å²) in [6.07, 6.45) is 6.19. The predicted octanol–water partition coefficient (Wildman–Crippen LogP) is 4.90.